The third-order valence-corrected chi connectivity index (χ3v) is 2.51. The van der Waals surface area contributed by atoms with Crippen molar-refractivity contribution < 1.29 is 18.9 Å². The maximum Gasteiger partial charge on any atom is 0.203 e. The van der Waals surface area contributed by atoms with Crippen molar-refractivity contribution in [2.24, 2.45) is 5.73 Å². The van der Waals surface area contributed by atoms with Crippen molar-refractivity contribution in [2.75, 3.05) is 34.5 Å². The van der Waals surface area contributed by atoms with Crippen LogP contribution in [-0.4, -0.2) is 34.5 Å². The fraction of sp³-hybridized carbons (Fsp3) is 0.538. The molecule has 0 unspecified atom stereocenters. The normalized spacial score (nSPS) is 10.0. The van der Waals surface area contributed by atoms with Gasteiger partial charge in [-0.1, -0.05) is 0 Å². The minimum absolute atomic E-state index is 0.564. The summed E-state index contributed by atoms with van der Waals surface area (Å²) in [5.41, 5.74) is 5.43. The first kappa shape index (κ1) is 14.4. The fourth-order valence-electron chi connectivity index (χ4n) is 1.58. The van der Waals surface area contributed by atoms with E-state index < -0.39 is 0 Å². The largest absolute Gasteiger partial charge is 0.493 e. The number of unbranched alkanes of at least 4 members (excludes halogenated alkanes) is 1. The van der Waals surface area contributed by atoms with Crippen LogP contribution in [0.3, 0.4) is 0 Å². The number of methoxy groups -OCH3 is 3. The highest BCUT2D eigenvalue weighted by Gasteiger charge is 2.13. The Morgan fingerprint density at radius 3 is 2.00 bits per heavy atom. The Bertz CT molecular complexity index is 343. The minimum Gasteiger partial charge on any atom is -0.493 e. The van der Waals surface area contributed by atoms with Crippen LogP contribution >= 0.6 is 0 Å². The third kappa shape index (κ3) is 3.70. The molecular weight excluding hydrogens is 234 g/mol. The lowest BCUT2D eigenvalue weighted by molar-refractivity contribution is 0.293. The van der Waals surface area contributed by atoms with Crippen LogP contribution in [-0.2, 0) is 0 Å². The summed E-state index contributed by atoms with van der Waals surface area (Å²) in [4.78, 5) is 0. The average Bonchev–Trinajstić information content (AvgIpc) is 2.42. The Kier molecular flexibility index (Phi) is 6.14. The van der Waals surface area contributed by atoms with Gasteiger partial charge in [-0.3, -0.25) is 0 Å². The van der Waals surface area contributed by atoms with Gasteiger partial charge in [0.2, 0.25) is 5.75 Å². The molecule has 0 saturated carbocycles. The summed E-state index contributed by atoms with van der Waals surface area (Å²) in [5, 5.41) is 0. The van der Waals surface area contributed by atoms with Crippen molar-refractivity contribution >= 4 is 0 Å². The van der Waals surface area contributed by atoms with Gasteiger partial charge < -0.3 is 24.7 Å². The Morgan fingerprint density at radius 1 is 0.944 bits per heavy atom. The topological polar surface area (TPSA) is 62.9 Å². The van der Waals surface area contributed by atoms with Gasteiger partial charge in [0.1, 0.15) is 5.75 Å². The molecule has 0 bridgehead atoms. The highest BCUT2D eigenvalue weighted by atomic mass is 16.5. The summed E-state index contributed by atoms with van der Waals surface area (Å²) in [6, 6.07) is 3.56. The van der Waals surface area contributed by atoms with Crippen LogP contribution in [0.1, 0.15) is 12.8 Å². The number of ether oxygens (including phenoxy) is 4. The van der Waals surface area contributed by atoms with E-state index in [0.29, 0.717) is 36.1 Å². The van der Waals surface area contributed by atoms with E-state index >= 15 is 0 Å². The predicted octanol–water partition coefficient (Wildman–Crippen LogP) is 1.83. The number of nitrogens with two attached hydrogens (primary N) is 1. The molecule has 1 aromatic carbocycles. The Balaban J connectivity index is 2.80. The van der Waals surface area contributed by atoms with Gasteiger partial charge >= 0.3 is 0 Å². The molecule has 0 spiro atoms. The predicted molar refractivity (Wildman–Crippen MR) is 69.9 cm³/mol. The molecule has 5 heteroatoms. The van der Waals surface area contributed by atoms with Gasteiger partial charge in [-0.15, -0.1) is 0 Å². The van der Waals surface area contributed by atoms with Crippen molar-refractivity contribution in [3.63, 3.8) is 0 Å². The number of rotatable bonds is 8. The summed E-state index contributed by atoms with van der Waals surface area (Å²) < 4.78 is 21.3. The van der Waals surface area contributed by atoms with E-state index in [1.54, 1.807) is 33.5 Å². The Labute approximate surface area is 108 Å². The number of hydrogen-bond acceptors (Lipinski definition) is 5. The lowest BCUT2D eigenvalue weighted by Crippen LogP contribution is -2.04. The monoisotopic (exact) mass is 255 g/mol. The first-order valence-electron chi connectivity index (χ1n) is 5.89. The molecule has 0 amide bonds. The van der Waals surface area contributed by atoms with Gasteiger partial charge in [0.15, 0.2) is 11.5 Å². The highest BCUT2D eigenvalue weighted by molar-refractivity contribution is 5.55. The summed E-state index contributed by atoms with van der Waals surface area (Å²) in [5.74, 6) is 2.44. The molecule has 0 aromatic heterocycles. The smallest absolute Gasteiger partial charge is 0.203 e. The third-order valence-electron chi connectivity index (χ3n) is 2.51. The Hall–Kier alpha value is -1.62. The lowest BCUT2D eigenvalue weighted by atomic mass is 10.2. The summed E-state index contributed by atoms with van der Waals surface area (Å²) in [6.45, 7) is 1.30. The summed E-state index contributed by atoms with van der Waals surface area (Å²) in [6.07, 6.45) is 1.87. The standard InChI is InChI=1S/C13H21NO4/c1-15-11-8-10(18-7-5-4-6-14)9-12(16-2)13(11)17-3/h8-9H,4-7,14H2,1-3H3. The molecule has 0 aliphatic carbocycles. The van der Waals surface area contributed by atoms with E-state index in [1.165, 1.54) is 0 Å². The van der Waals surface area contributed by atoms with Gasteiger partial charge in [-0.2, -0.15) is 0 Å². The van der Waals surface area contributed by atoms with Crippen molar-refractivity contribution in [1.82, 2.24) is 0 Å². The molecule has 0 heterocycles. The van der Waals surface area contributed by atoms with E-state index in [-0.39, 0.29) is 0 Å². The molecule has 2 N–H and O–H groups in total. The van der Waals surface area contributed by atoms with E-state index in [2.05, 4.69) is 0 Å². The number of benzene rings is 1. The maximum absolute atomic E-state index is 5.62. The highest BCUT2D eigenvalue weighted by Crippen LogP contribution is 2.40. The first-order chi connectivity index (χ1) is 8.76. The molecule has 0 aliphatic rings. The molecule has 0 atom stereocenters. The van der Waals surface area contributed by atoms with Gasteiger partial charge in [0.05, 0.1) is 27.9 Å². The summed E-state index contributed by atoms with van der Waals surface area (Å²) in [7, 11) is 4.73. The second-order valence-corrected chi connectivity index (χ2v) is 3.71. The van der Waals surface area contributed by atoms with Crippen LogP contribution in [0.2, 0.25) is 0 Å². The van der Waals surface area contributed by atoms with Crippen LogP contribution in [0.4, 0.5) is 0 Å². The molecule has 1 rings (SSSR count). The summed E-state index contributed by atoms with van der Waals surface area (Å²) >= 11 is 0. The lowest BCUT2D eigenvalue weighted by Gasteiger charge is -2.14. The second kappa shape index (κ2) is 7.66. The molecular formula is C13H21NO4. The van der Waals surface area contributed by atoms with Gasteiger partial charge in [0.25, 0.3) is 0 Å². The van der Waals surface area contributed by atoms with Crippen LogP contribution in [0.15, 0.2) is 12.1 Å². The minimum atomic E-state index is 0.564. The van der Waals surface area contributed by atoms with Crippen LogP contribution in [0.25, 0.3) is 0 Å². The zero-order valence-electron chi connectivity index (χ0n) is 11.2. The molecule has 0 aliphatic heterocycles. The molecule has 0 radical (unpaired) electrons. The van der Waals surface area contributed by atoms with Gasteiger partial charge in [0, 0.05) is 12.1 Å². The first-order valence-corrected chi connectivity index (χ1v) is 5.89. The van der Waals surface area contributed by atoms with E-state index in [4.69, 9.17) is 24.7 Å². The zero-order valence-corrected chi connectivity index (χ0v) is 11.2. The van der Waals surface area contributed by atoms with Crippen molar-refractivity contribution in [1.29, 1.82) is 0 Å². The fourth-order valence-corrected chi connectivity index (χ4v) is 1.58. The van der Waals surface area contributed by atoms with Crippen LogP contribution in [0, 0.1) is 0 Å². The second-order valence-electron chi connectivity index (χ2n) is 3.71. The maximum atomic E-state index is 5.62. The van der Waals surface area contributed by atoms with E-state index in [1.807, 2.05) is 0 Å². The van der Waals surface area contributed by atoms with E-state index in [9.17, 15) is 0 Å². The molecule has 5 nitrogen and oxygen atoms in total. The van der Waals surface area contributed by atoms with Crippen molar-refractivity contribution in [2.45, 2.75) is 12.8 Å². The zero-order chi connectivity index (χ0) is 13.4. The average molecular weight is 255 g/mol. The Morgan fingerprint density at radius 2 is 1.56 bits per heavy atom. The van der Waals surface area contributed by atoms with Crippen LogP contribution in [0.5, 0.6) is 23.0 Å². The van der Waals surface area contributed by atoms with Gasteiger partial charge in [-0.05, 0) is 19.4 Å². The number of hydrogen-bond donors (Lipinski definition) is 1. The van der Waals surface area contributed by atoms with Crippen LogP contribution < -0.4 is 24.7 Å². The molecule has 18 heavy (non-hydrogen) atoms. The van der Waals surface area contributed by atoms with Crippen molar-refractivity contribution in [3.05, 3.63) is 12.1 Å². The molecule has 1 aromatic rings. The van der Waals surface area contributed by atoms with Gasteiger partial charge in [-0.25, -0.2) is 0 Å². The molecule has 0 saturated heterocycles. The SMILES string of the molecule is COc1cc(OCCCCN)cc(OC)c1OC. The van der Waals surface area contributed by atoms with Crippen molar-refractivity contribution in [3.8, 4) is 23.0 Å². The molecule has 0 fully saturated rings. The quantitative estimate of drug-likeness (QED) is 0.718. The molecule has 102 valence electrons. The van der Waals surface area contributed by atoms with E-state index in [0.717, 1.165) is 12.8 Å².